The van der Waals surface area contributed by atoms with Gasteiger partial charge in [-0.2, -0.15) is 13.2 Å². The molecule has 0 N–H and O–H groups in total. The Morgan fingerprint density at radius 2 is 1.62 bits per heavy atom. The van der Waals surface area contributed by atoms with E-state index in [9.17, 15) is 22.0 Å². The van der Waals surface area contributed by atoms with Crippen molar-refractivity contribution in [3.05, 3.63) is 29.3 Å². The second-order valence-electron chi connectivity index (χ2n) is 2.93. The summed E-state index contributed by atoms with van der Waals surface area (Å²) in [5, 5.41) is 0. The number of alkyl halides is 4. The molecule has 16 heavy (non-hydrogen) atoms. The standard InChI is InChI=1S/C9H6ClF5O/c10-3-5-1-6(11)8(7(12)2-5)16-4-9(13,14)15/h1-2H,3-4H2. The van der Waals surface area contributed by atoms with Crippen LogP contribution in [0.5, 0.6) is 5.75 Å². The van der Waals surface area contributed by atoms with Gasteiger partial charge in [0.15, 0.2) is 24.0 Å². The Morgan fingerprint density at radius 3 is 2.00 bits per heavy atom. The monoisotopic (exact) mass is 260 g/mol. The third kappa shape index (κ3) is 3.52. The molecular weight excluding hydrogens is 255 g/mol. The Morgan fingerprint density at radius 1 is 1.12 bits per heavy atom. The highest BCUT2D eigenvalue weighted by molar-refractivity contribution is 6.17. The van der Waals surface area contributed by atoms with E-state index in [4.69, 9.17) is 11.6 Å². The van der Waals surface area contributed by atoms with Crippen molar-refractivity contribution in [2.45, 2.75) is 12.1 Å². The Hall–Kier alpha value is -1.04. The van der Waals surface area contributed by atoms with Gasteiger partial charge in [-0.3, -0.25) is 0 Å². The van der Waals surface area contributed by atoms with Gasteiger partial charge in [-0.1, -0.05) is 0 Å². The van der Waals surface area contributed by atoms with Crippen LogP contribution in [0.25, 0.3) is 0 Å². The largest absolute Gasteiger partial charge is 0.478 e. The van der Waals surface area contributed by atoms with Gasteiger partial charge >= 0.3 is 6.18 Å². The summed E-state index contributed by atoms with van der Waals surface area (Å²) in [6, 6.07) is 1.64. The van der Waals surface area contributed by atoms with Crippen molar-refractivity contribution >= 4 is 11.6 Å². The molecule has 90 valence electrons. The summed E-state index contributed by atoms with van der Waals surface area (Å²) in [5.41, 5.74) is 0.121. The normalized spacial score (nSPS) is 11.6. The summed E-state index contributed by atoms with van der Waals surface area (Å²) < 4.78 is 65.5. The smallest absolute Gasteiger partial charge is 0.422 e. The quantitative estimate of drug-likeness (QED) is 0.595. The molecule has 0 amide bonds. The molecule has 0 saturated carbocycles. The van der Waals surface area contributed by atoms with Crippen LogP contribution in [-0.4, -0.2) is 12.8 Å². The first-order chi connectivity index (χ1) is 7.33. The Labute approximate surface area is 92.8 Å². The summed E-state index contributed by atoms with van der Waals surface area (Å²) in [6.45, 7) is -1.75. The molecule has 0 heterocycles. The molecule has 0 saturated heterocycles. The van der Waals surface area contributed by atoms with Gasteiger partial charge in [0.05, 0.1) is 0 Å². The molecule has 0 radical (unpaired) electrons. The van der Waals surface area contributed by atoms with Crippen molar-refractivity contribution in [1.82, 2.24) is 0 Å². The van der Waals surface area contributed by atoms with Gasteiger partial charge < -0.3 is 4.74 Å². The lowest BCUT2D eigenvalue weighted by molar-refractivity contribution is -0.154. The molecule has 0 aliphatic carbocycles. The molecule has 0 atom stereocenters. The maximum atomic E-state index is 13.1. The molecule has 1 nitrogen and oxygen atoms in total. The number of benzene rings is 1. The molecule has 1 aromatic rings. The molecule has 0 spiro atoms. The molecule has 1 aromatic carbocycles. The molecular formula is C9H6ClF5O. The van der Waals surface area contributed by atoms with E-state index in [-0.39, 0.29) is 11.4 Å². The lowest BCUT2D eigenvalue weighted by atomic mass is 10.2. The van der Waals surface area contributed by atoms with Crippen LogP contribution in [0.2, 0.25) is 0 Å². The minimum absolute atomic E-state index is 0.121. The van der Waals surface area contributed by atoms with Crippen LogP contribution in [0.1, 0.15) is 5.56 Å². The number of halogens is 6. The van der Waals surface area contributed by atoms with E-state index in [2.05, 4.69) is 4.74 Å². The van der Waals surface area contributed by atoms with E-state index in [0.29, 0.717) is 0 Å². The molecule has 0 bridgehead atoms. The number of hydrogen-bond acceptors (Lipinski definition) is 1. The van der Waals surface area contributed by atoms with E-state index >= 15 is 0 Å². The van der Waals surface area contributed by atoms with E-state index in [1.54, 1.807) is 0 Å². The molecule has 0 unspecified atom stereocenters. The third-order valence-electron chi connectivity index (χ3n) is 1.59. The Balaban J connectivity index is 2.88. The van der Waals surface area contributed by atoms with Crippen molar-refractivity contribution in [2.24, 2.45) is 0 Å². The number of hydrogen-bond donors (Lipinski definition) is 0. The van der Waals surface area contributed by atoms with Crippen LogP contribution in [0.3, 0.4) is 0 Å². The van der Waals surface area contributed by atoms with Gasteiger partial charge in [0, 0.05) is 5.88 Å². The summed E-state index contributed by atoms with van der Waals surface area (Å²) in [5.74, 6) is -3.61. The maximum absolute atomic E-state index is 13.1. The zero-order valence-electron chi connectivity index (χ0n) is 7.74. The van der Waals surface area contributed by atoms with Gasteiger partial charge in [0.25, 0.3) is 0 Å². The minimum Gasteiger partial charge on any atom is -0.478 e. The average Bonchev–Trinajstić information content (AvgIpc) is 2.14. The minimum atomic E-state index is -4.65. The average molecular weight is 261 g/mol. The Kier molecular flexibility index (Phi) is 3.96. The van der Waals surface area contributed by atoms with Gasteiger partial charge in [0.1, 0.15) is 0 Å². The van der Waals surface area contributed by atoms with Crippen molar-refractivity contribution < 1.29 is 26.7 Å². The molecule has 0 aliphatic heterocycles. The van der Waals surface area contributed by atoms with Crippen LogP contribution < -0.4 is 4.74 Å². The second kappa shape index (κ2) is 4.86. The third-order valence-corrected chi connectivity index (χ3v) is 1.90. The molecule has 1 rings (SSSR count). The van der Waals surface area contributed by atoms with Gasteiger partial charge in [-0.25, -0.2) is 8.78 Å². The fraction of sp³-hybridized carbons (Fsp3) is 0.333. The summed E-state index contributed by atoms with van der Waals surface area (Å²) in [6.07, 6.45) is -4.65. The lowest BCUT2D eigenvalue weighted by Gasteiger charge is -2.11. The first-order valence-corrected chi connectivity index (χ1v) is 4.60. The predicted octanol–water partition coefficient (Wildman–Crippen LogP) is 3.64. The first-order valence-electron chi connectivity index (χ1n) is 4.07. The van der Waals surface area contributed by atoms with Crippen molar-refractivity contribution in [1.29, 1.82) is 0 Å². The van der Waals surface area contributed by atoms with E-state index in [1.165, 1.54) is 0 Å². The number of ether oxygens (including phenoxy) is 1. The van der Waals surface area contributed by atoms with Gasteiger partial charge in [0.2, 0.25) is 0 Å². The fourth-order valence-corrected chi connectivity index (χ4v) is 1.14. The van der Waals surface area contributed by atoms with Crippen molar-refractivity contribution in [3.8, 4) is 5.75 Å². The lowest BCUT2D eigenvalue weighted by Crippen LogP contribution is -2.20. The van der Waals surface area contributed by atoms with Crippen LogP contribution in [0.15, 0.2) is 12.1 Å². The van der Waals surface area contributed by atoms with E-state index in [1.807, 2.05) is 0 Å². The molecule has 7 heteroatoms. The zero-order chi connectivity index (χ0) is 12.3. The highest BCUT2D eigenvalue weighted by Crippen LogP contribution is 2.26. The van der Waals surface area contributed by atoms with E-state index in [0.717, 1.165) is 12.1 Å². The van der Waals surface area contributed by atoms with Gasteiger partial charge in [-0.05, 0) is 17.7 Å². The molecule has 0 fully saturated rings. The van der Waals surface area contributed by atoms with Crippen LogP contribution in [-0.2, 0) is 5.88 Å². The molecule has 0 aliphatic rings. The van der Waals surface area contributed by atoms with Crippen LogP contribution in [0, 0.1) is 11.6 Å². The van der Waals surface area contributed by atoms with E-state index < -0.39 is 30.2 Å². The SMILES string of the molecule is Fc1cc(CCl)cc(F)c1OCC(F)(F)F. The van der Waals surface area contributed by atoms with Crippen LogP contribution >= 0.6 is 11.6 Å². The highest BCUT2D eigenvalue weighted by Gasteiger charge is 2.29. The van der Waals surface area contributed by atoms with Crippen molar-refractivity contribution in [2.75, 3.05) is 6.61 Å². The predicted molar refractivity (Wildman–Crippen MR) is 47.5 cm³/mol. The molecule has 0 aromatic heterocycles. The van der Waals surface area contributed by atoms with Crippen molar-refractivity contribution in [3.63, 3.8) is 0 Å². The maximum Gasteiger partial charge on any atom is 0.422 e. The summed E-state index contributed by atoms with van der Waals surface area (Å²) in [7, 11) is 0. The zero-order valence-corrected chi connectivity index (χ0v) is 8.50. The number of rotatable bonds is 3. The van der Waals surface area contributed by atoms with Crippen LogP contribution in [0.4, 0.5) is 22.0 Å². The van der Waals surface area contributed by atoms with Gasteiger partial charge in [-0.15, -0.1) is 11.6 Å². The second-order valence-corrected chi connectivity index (χ2v) is 3.19. The Bertz CT molecular complexity index is 354. The highest BCUT2D eigenvalue weighted by atomic mass is 35.5. The summed E-state index contributed by atoms with van der Waals surface area (Å²) in [4.78, 5) is 0. The summed E-state index contributed by atoms with van der Waals surface area (Å²) >= 11 is 5.32. The first kappa shape index (κ1) is 13.0. The fourth-order valence-electron chi connectivity index (χ4n) is 0.981. The topological polar surface area (TPSA) is 9.23 Å².